The number of carbonyl (C=O) groups excluding carboxylic acids is 1. The van der Waals surface area contributed by atoms with Crippen molar-refractivity contribution < 1.29 is 22.7 Å². The number of halogens is 3. The third kappa shape index (κ3) is 3.41. The molecule has 6 heteroatoms. The highest BCUT2D eigenvalue weighted by Crippen LogP contribution is 2.25. The maximum absolute atomic E-state index is 12.2. The largest absolute Gasteiger partial charge is 0.484 e. The van der Waals surface area contributed by atoms with Crippen LogP contribution in [0.3, 0.4) is 0 Å². The van der Waals surface area contributed by atoms with E-state index in [1.165, 1.54) is 19.1 Å². The highest BCUT2D eigenvalue weighted by Gasteiger charge is 2.28. The van der Waals surface area contributed by atoms with Crippen molar-refractivity contribution >= 4 is 27.6 Å². The number of rotatable bonds is 3. The predicted octanol–water partition coefficient (Wildman–Crippen LogP) is 4.53. The lowest BCUT2D eigenvalue weighted by molar-refractivity contribution is -0.153. The van der Waals surface area contributed by atoms with Crippen LogP contribution in [-0.4, -0.2) is 23.6 Å². The third-order valence-corrected chi connectivity index (χ3v) is 3.39. The van der Waals surface area contributed by atoms with Crippen molar-refractivity contribution in [3.8, 4) is 5.75 Å². The summed E-state index contributed by atoms with van der Waals surface area (Å²) in [5.41, 5.74) is 1.66. The van der Waals surface area contributed by atoms with Crippen LogP contribution in [0.1, 0.15) is 17.3 Å². The molecule has 1 aromatic heterocycles. The van der Waals surface area contributed by atoms with Gasteiger partial charge in [0.1, 0.15) is 5.75 Å². The van der Waals surface area contributed by atoms with E-state index in [1.54, 1.807) is 24.3 Å². The van der Waals surface area contributed by atoms with Gasteiger partial charge < -0.3 is 4.74 Å². The summed E-state index contributed by atoms with van der Waals surface area (Å²) in [5.74, 6) is 0.0282. The van der Waals surface area contributed by atoms with E-state index in [9.17, 15) is 18.0 Å². The second-order valence-electron chi connectivity index (χ2n) is 5.21. The first-order valence-corrected chi connectivity index (χ1v) is 6.87. The van der Waals surface area contributed by atoms with Crippen molar-refractivity contribution in [1.82, 2.24) is 4.98 Å². The SMILES string of the molecule is CC(=O)c1ccc2cc3ccc(OCC(F)(F)F)cc3nc2c1. The van der Waals surface area contributed by atoms with Gasteiger partial charge in [-0.15, -0.1) is 0 Å². The molecule has 0 radical (unpaired) electrons. The number of hydrogen-bond donors (Lipinski definition) is 0. The molecular formula is C17H12F3NO2. The molecule has 118 valence electrons. The Labute approximate surface area is 129 Å². The van der Waals surface area contributed by atoms with Crippen molar-refractivity contribution in [2.45, 2.75) is 13.1 Å². The summed E-state index contributed by atoms with van der Waals surface area (Å²) in [4.78, 5) is 15.8. The van der Waals surface area contributed by atoms with Crippen molar-refractivity contribution in [2.75, 3.05) is 6.61 Å². The van der Waals surface area contributed by atoms with E-state index in [0.717, 1.165) is 10.8 Å². The smallest absolute Gasteiger partial charge is 0.422 e. The van der Waals surface area contributed by atoms with E-state index in [-0.39, 0.29) is 11.5 Å². The molecule has 0 unspecified atom stereocenters. The Morgan fingerprint density at radius 1 is 1.04 bits per heavy atom. The Bertz CT molecular complexity index is 903. The number of Topliss-reactive ketones (excluding diaryl/α,β-unsaturated/α-hetero) is 1. The minimum Gasteiger partial charge on any atom is -0.484 e. The van der Waals surface area contributed by atoms with Gasteiger partial charge >= 0.3 is 6.18 Å². The lowest BCUT2D eigenvalue weighted by Gasteiger charge is -2.10. The lowest BCUT2D eigenvalue weighted by atomic mass is 10.1. The van der Waals surface area contributed by atoms with Crippen LogP contribution in [-0.2, 0) is 0 Å². The Hall–Kier alpha value is -2.63. The summed E-state index contributed by atoms with van der Waals surface area (Å²) < 4.78 is 41.4. The van der Waals surface area contributed by atoms with Gasteiger partial charge in [0.05, 0.1) is 11.0 Å². The van der Waals surface area contributed by atoms with Gasteiger partial charge in [0, 0.05) is 22.4 Å². The van der Waals surface area contributed by atoms with Crippen LogP contribution in [0.5, 0.6) is 5.75 Å². The highest BCUT2D eigenvalue weighted by atomic mass is 19.4. The van der Waals surface area contributed by atoms with Crippen LogP contribution >= 0.6 is 0 Å². The Morgan fingerprint density at radius 3 is 2.35 bits per heavy atom. The molecule has 0 saturated heterocycles. The Balaban J connectivity index is 2.03. The molecular weight excluding hydrogens is 307 g/mol. The first kappa shape index (κ1) is 15.3. The van der Waals surface area contributed by atoms with Crippen LogP contribution in [0.4, 0.5) is 13.2 Å². The van der Waals surface area contributed by atoms with E-state index in [1.807, 2.05) is 6.07 Å². The average Bonchev–Trinajstić information content (AvgIpc) is 2.49. The number of nitrogens with zero attached hydrogens (tertiary/aromatic N) is 1. The number of aromatic nitrogens is 1. The number of alkyl halides is 3. The summed E-state index contributed by atoms with van der Waals surface area (Å²) in [6.45, 7) is 0.117. The Morgan fingerprint density at radius 2 is 1.70 bits per heavy atom. The fourth-order valence-electron chi connectivity index (χ4n) is 2.28. The van der Waals surface area contributed by atoms with Gasteiger partial charge in [0.25, 0.3) is 0 Å². The number of ketones is 1. The molecule has 0 amide bonds. The van der Waals surface area contributed by atoms with E-state index in [0.29, 0.717) is 16.6 Å². The molecule has 0 N–H and O–H groups in total. The van der Waals surface area contributed by atoms with Gasteiger partial charge in [-0.25, -0.2) is 4.98 Å². The van der Waals surface area contributed by atoms with E-state index in [2.05, 4.69) is 4.98 Å². The topological polar surface area (TPSA) is 39.2 Å². The molecule has 3 rings (SSSR count). The molecule has 0 bridgehead atoms. The van der Waals surface area contributed by atoms with Crippen molar-refractivity contribution in [2.24, 2.45) is 0 Å². The number of carbonyl (C=O) groups is 1. The van der Waals surface area contributed by atoms with Gasteiger partial charge in [-0.1, -0.05) is 12.1 Å². The quantitative estimate of drug-likeness (QED) is 0.526. The van der Waals surface area contributed by atoms with Crippen LogP contribution in [0.2, 0.25) is 0 Å². The summed E-state index contributed by atoms with van der Waals surface area (Å²) >= 11 is 0. The third-order valence-electron chi connectivity index (χ3n) is 3.39. The molecule has 0 aliphatic heterocycles. The van der Waals surface area contributed by atoms with E-state index >= 15 is 0 Å². The average molecular weight is 319 g/mol. The minimum atomic E-state index is -4.39. The summed E-state index contributed by atoms with van der Waals surface area (Å²) in [6.07, 6.45) is -4.39. The predicted molar refractivity (Wildman–Crippen MR) is 80.8 cm³/mol. The molecule has 3 aromatic rings. The fraction of sp³-hybridized carbons (Fsp3) is 0.176. The second-order valence-corrected chi connectivity index (χ2v) is 5.21. The molecule has 0 aliphatic carbocycles. The van der Waals surface area contributed by atoms with Crippen molar-refractivity contribution in [1.29, 1.82) is 0 Å². The molecule has 0 spiro atoms. The van der Waals surface area contributed by atoms with Gasteiger partial charge in [-0.3, -0.25) is 4.79 Å². The summed E-state index contributed by atoms with van der Waals surface area (Å²) in [7, 11) is 0. The van der Waals surface area contributed by atoms with Crippen LogP contribution < -0.4 is 4.74 Å². The first-order valence-electron chi connectivity index (χ1n) is 6.87. The standard InChI is InChI=1S/C17H12F3NO2/c1-10(22)11-2-3-12-6-13-4-5-14(23-9-17(18,19)20)8-16(13)21-15(12)7-11/h2-8H,9H2,1H3. The molecule has 1 heterocycles. The number of benzene rings is 2. The zero-order valence-electron chi connectivity index (χ0n) is 12.1. The zero-order valence-corrected chi connectivity index (χ0v) is 12.1. The van der Waals surface area contributed by atoms with Crippen LogP contribution in [0.25, 0.3) is 21.8 Å². The molecule has 3 nitrogen and oxygen atoms in total. The molecule has 2 aromatic carbocycles. The van der Waals surface area contributed by atoms with E-state index < -0.39 is 12.8 Å². The van der Waals surface area contributed by atoms with Crippen LogP contribution in [0, 0.1) is 0 Å². The lowest BCUT2D eigenvalue weighted by Crippen LogP contribution is -2.19. The number of pyridine rings is 1. The summed E-state index contributed by atoms with van der Waals surface area (Å²) in [5, 5.41) is 1.64. The van der Waals surface area contributed by atoms with Gasteiger partial charge in [-0.05, 0) is 31.2 Å². The van der Waals surface area contributed by atoms with Crippen LogP contribution in [0.15, 0.2) is 42.5 Å². The normalized spacial score (nSPS) is 11.8. The number of fused-ring (bicyclic) bond motifs is 2. The minimum absolute atomic E-state index is 0.0731. The fourth-order valence-corrected chi connectivity index (χ4v) is 2.28. The van der Waals surface area contributed by atoms with E-state index in [4.69, 9.17) is 4.74 Å². The zero-order chi connectivity index (χ0) is 16.6. The van der Waals surface area contributed by atoms with Crippen molar-refractivity contribution in [3.63, 3.8) is 0 Å². The molecule has 0 aliphatic rings. The Kier molecular flexibility index (Phi) is 3.67. The number of hydrogen-bond acceptors (Lipinski definition) is 3. The maximum Gasteiger partial charge on any atom is 0.422 e. The van der Waals surface area contributed by atoms with Crippen molar-refractivity contribution in [3.05, 3.63) is 48.0 Å². The molecule has 0 atom stereocenters. The van der Waals surface area contributed by atoms with Gasteiger partial charge in [0.15, 0.2) is 12.4 Å². The second kappa shape index (κ2) is 5.53. The number of ether oxygens (including phenoxy) is 1. The highest BCUT2D eigenvalue weighted by molar-refractivity contribution is 6.00. The molecule has 0 saturated carbocycles. The van der Waals surface area contributed by atoms with Gasteiger partial charge in [-0.2, -0.15) is 13.2 Å². The maximum atomic E-state index is 12.2. The monoisotopic (exact) mass is 319 g/mol. The first-order chi connectivity index (χ1) is 10.8. The molecule has 23 heavy (non-hydrogen) atoms. The molecule has 0 fully saturated rings. The summed E-state index contributed by atoms with van der Waals surface area (Å²) in [6, 6.07) is 11.7. The van der Waals surface area contributed by atoms with Gasteiger partial charge in [0.2, 0.25) is 0 Å².